The summed E-state index contributed by atoms with van der Waals surface area (Å²) < 4.78 is 0. The summed E-state index contributed by atoms with van der Waals surface area (Å²) in [5.74, 6) is 0.680. The molecule has 0 spiro atoms. The third-order valence-electron chi connectivity index (χ3n) is 4.34. The molecule has 1 N–H and O–H groups in total. The predicted molar refractivity (Wildman–Crippen MR) is 78.7 cm³/mol. The van der Waals surface area contributed by atoms with E-state index in [-0.39, 0.29) is 6.04 Å². The molecule has 1 aliphatic carbocycles. The van der Waals surface area contributed by atoms with Crippen molar-refractivity contribution in [2.75, 3.05) is 0 Å². The molecule has 1 aromatic carbocycles. The Kier molecular flexibility index (Phi) is 4.99. The lowest BCUT2D eigenvalue weighted by atomic mass is 9.85. The van der Waals surface area contributed by atoms with Crippen molar-refractivity contribution in [3.8, 4) is 6.07 Å². The maximum Gasteiger partial charge on any atom is 0.121 e. The first-order valence-corrected chi connectivity index (χ1v) is 7.49. The monoisotopic (exact) mass is 256 g/mol. The van der Waals surface area contributed by atoms with E-state index >= 15 is 0 Å². The molecule has 0 radical (unpaired) electrons. The first kappa shape index (κ1) is 14.1. The summed E-state index contributed by atoms with van der Waals surface area (Å²) in [6.07, 6.45) is 6.15. The van der Waals surface area contributed by atoms with Crippen LogP contribution in [0.4, 0.5) is 0 Å². The van der Waals surface area contributed by atoms with Gasteiger partial charge in [-0.25, -0.2) is 0 Å². The van der Waals surface area contributed by atoms with Crippen molar-refractivity contribution in [1.82, 2.24) is 5.32 Å². The minimum Gasteiger partial charge on any atom is -0.295 e. The highest BCUT2D eigenvalue weighted by Crippen LogP contribution is 2.26. The second-order valence-corrected chi connectivity index (χ2v) is 5.69. The third kappa shape index (κ3) is 3.58. The zero-order chi connectivity index (χ0) is 13.7. The first-order valence-electron chi connectivity index (χ1n) is 7.49. The molecule has 1 aromatic rings. The lowest BCUT2D eigenvalue weighted by Gasteiger charge is -2.31. The van der Waals surface area contributed by atoms with Crippen molar-refractivity contribution in [3.63, 3.8) is 0 Å². The van der Waals surface area contributed by atoms with Crippen LogP contribution in [0.5, 0.6) is 0 Å². The lowest BCUT2D eigenvalue weighted by molar-refractivity contribution is 0.271. The van der Waals surface area contributed by atoms with E-state index in [1.54, 1.807) is 0 Å². The van der Waals surface area contributed by atoms with Crippen molar-refractivity contribution < 1.29 is 0 Å². The van der Waals surface area contributed by atoms with Crippen LogP contribution in [0.25, 0.3) is 0 Å². The second-order valence-electron chi connectivity index (χ2n) is 5.69. The minimum absolute atomic E-state index is 0.170. The van der Waals surface area contributed by atoms with Gasteiger partial charge in [0.15, 0.2) is 0 Å². The highest BCUT2D eigenvalue weighted by molar-refractivity contribution is 5.28. The SMILES string of the molecule is CCc1ccc(C(C#N)NC2CCCCC2C)cc1. The second kappa shape index (κ2) is 6.73. The van der Waals surface area contributed by atoms with Crippen LogP contribution in [0.1, 0.15) is 56.7 Å². The Morgan fingerprint density at radius 1 is 1.26 bits per heavy atom. The molecule has 1 aliphatic rings. The standard InChI is InChI=1S/C17H24N2/c1-3-14-8-10-15(11-9-14)17(12-18)19-16-7-5-4-6-13(16)2/h8-11,13,16-17,19H,3-7H2,1-2H3. The number of hydrogen-bond donors (Lipinski definition) is 1. The van der Waals surface area contributed by atoms with Gasteiger partial charge in [0.05, 0.1) is 6.07 Å². The van der Waals surface area contributed by atoms with E-state index in [4.69, 9.17) is 0 Å². The number of benzene rings is 1. The normalized spacial score (nSPS) is 24.7. The average Bonchev–Trinajstić information content (AvgIpc) is 2.47. The maximum atomic E-state index is 9.41. The summed E-state index contributed by atoms with van der Waals surface area (Å²) in [5, 5.41) is 13.0. The van der Waals surface area contributed by atoms with E-state index < -0.39 is 0 Å². The van der Waals surface area contributed by atoms with Gasteiger partial charge in [0, 0.05) is 6.04 Å². The van der Waals surface area contributed by atoms with Crippen LogP contribution >= 0.6 is 0 Å². The van der Waals surface area contributed by atoms with E-state index in [0.717, 1.165) is 12.0 Å². The molecule has 3 atom stereocenters. The maximum absolute atomic E-state index is 9.41. The Balaban J connectivity index is 2.04. The minimum atomic E-state index is -0.170. The number of rotatable bonds is 4. The van der Waals surface area contributed by atoms with E-state index in [1.165, 1.54) is 31.2 Å². The van der Waals surface area contributed by atoms with Crippen molar-refractivity contribution in [3.05, 3.63) is 35.4 Å². The zero-order valence-corrected chi connectivity index (χ0v) is 12.0. The quantitative estimate of drug-likeness (QED) is 0.884. The van der Waals surface area contributed by atoms with Gasteiger partial charge in [-0.15, -0.1) is 0 Å². The fraction of sp³-hybridized carbons (Fsp3) is 0.588. The molecule has 2 heteroatoms. The summed E-state index contributed by atoms with van der Waals surface area (Å²) in [6, 6.07) is 11.2. The molecule has 19 heavy (non-hydrogen) atoms. The van der Waals surface area contributed by atoms with Gasteiger partial charge in [-0.05, 0) is 36.3 Å². The number of nitrogens with zero attached hydrogens (tertiary/aromatic N) is 1. The van der Waals surface area contributed by atoms with Crippen molar-refractivity contribution >= 4 is 0 Å². The summed E-state index contributed by atoms with van der Waals surface area (Å²) in [6.45, 7) is 4.45. The van der Waals surface area contributed by atoms with Crippen molar-refractivity contribution in [2.24, 2.45) is 5.92 Å². The Morgan fingerprint density at radius 2 is 1.95 bits per heavy atom. The highest BCUT2D eigenvalue weighted by atomic mass is 15.0. The molecule has 0 amide bonds. The largest absolute Gasteiger partial charge is 0.295 e. The van der Waals surface area contributed by atoms with Gasteiger partial charge in [-0.3, -0.25) is 5.32 Å². The molecule has 0 heterocycles. The van der Waals surface area contributed by atoms with Gasteiger partial charge in [0.2, 0.25) is 0 Å². The Bertz CT molecular complexity index is 430. The Labute approximate surface area is 116 Å². The van der Waals surface area contributed by atoms with Crippen LogP contribution in [0.3, 0.4) is 0 Å². The Morgan fingerprint density at radius 3 is 2.53 bits per heavy atom. The molecule has 0 bridgehead atoms. The van der Waals surface area contributed by atoms with E-state index in [2.05, 4.69) is 49.5 Å². The molecule has 0 aliphatic heterocycles. The van der Waals surface area contributed by atoms with Crippen LogP contribution in [-0.4, -0.2) is 6.04 Å². The zero-order valence-electron chi connectivity index (χ0n) is 12.0. The third-order valence-corrected chi connectivity index (χ3v) is 4.34. The van der Waals surface area contributed by atoms with Crippen LogP contribution in [0, 0.1) is 17.2 Å². The summed E-state index contributed by atoms with van der Waals surface area (Å²) in [5.41, 5.74) is 2.42. The Hall–Kier alpha value is -1.33. The molecule has 3 unspecified atom stereocenters. The molecule has 2 rings (SSSR count). The van der Waals surface area contributed by atoms with Gasteiger partial charge in [-0.2, -0.15) is 5.26 Å². The van der Waals surface area contributed by atoms with Gasteiger partial charge >= 0.3 is 0 Å². The molecule has 102 valence electrons. The van der Waals surface area contributed by atoms with Crippen molar-refractivity contribution in [1.29, 1.82) is 5.26 Å². The van der Waals surface area contributed by atoms with Crippen molar-refractivity contribution in [2.45, 2.75) is 58.0 Å². The summed E-state index contributed by atoms with van der Waals surface area (Å²) in [7, 11) is 0. The van der Waals surface area contributed by atoms with Gasteiger partial charge in [-0.1, -0.05) is 51.0 Å². The number of hydrogen-bond acceptors (Lipinski definition) is 2. The average molecular weight is 256 g/mol. The molecule has 0 saturated heterocycles. The molecule has 1 fully saturated rings. The van der Waals surface area contributed by atoms with Crippen LogP contribution < -0.4 is 5.32 Å². The molecule has 1 saturated carbocycles. The van der Waals surface area contributed by atoms with Crippen LogP contribution in [0.2, 0.25) is 0 Å². The van der Waals surface area contributed by atoms with Crippen LogP contribution in [0.15, 0.2) is 24.3 Å². The number of nitriles is 1. The van der Waals surface area contributed by atoms with Gasteiger partial charge < -0.3 is 0 Å². The highest BCUT2D eigenvalue weighted by Gasteiger charge is 2.24. The molecular formula is C17H24N2. The fourth-order valence-electron chi connectivity index (χ4n) is 2.93. The van der Waals surface area contributed by atoms with Gasteiger partial charge in [0.25, 0.3) is 0 Å². The first-order chi connectivity index (χ1) is 9.24. The van der Waals surface area contributed by atoms with Crippen LogP contribution in [-0.2, 0) is 6.42 Å². The van der Waals surface area contributed by atoms with Gasteiger partial charge in [0.1, 0.15) is 6.04 Å². The van der Waals surface area contributed by atoms with E-state index in [0.29, 0.717) is 12.0 Å². The topological polar surface area (TPSA) is 35.8 Å². The molecule has 0 aromatic heterocycles. The number of aryl methyl sites for hydroxylation is 1. The predicted octanol–water partition coefficient (Wildman–Crippen LogP) is 3.98. The number of nitrogens with one attached hydrogen (secondary N) is 1. The van der Waals surface area contributed by atoms with E-state index in [9.17, 15) is 5.26 Å². The smallest absolute Gasteiger partial charge is 0.121 e. The summed E-state index contributed by atoms with van der Waals surface area (Å²) in [4.78, 5) is 0. The molecular weight excluding hydrogens is 232 g/mol. The molecule has 2 nitrogen and oxygen atoms in total. The summed E-state index contributed by atoms with van der Waals surface area (Å²) >= 11 is 0. The van der Waals surface area contributed by atoms with E-state index in [1.807, 2.05) is 0 Å². The fourth-order valence-corrected chi connectivity index (χ4v) is 2.93. The lowest BCUT2D eigenvalue weighted by Crippen LogP contribution is -2.39.